The molecule has 180 valence electrons. The van der Waals surface area contributed by atoms with Crippen molar-refractivity contribution in [1.29, 1.82) is 0 Å². The highest BCUT2D eigenvalue weighted by Crippen LogP contribution is 2.35. The fourth-order valence-corrected chi connectivity index (χ4v) is 3.98. The molecule has 1 amide bonds. The summed E-state index contributed by atoms with van der Waals surface area (Å²) < 4.78 is 48.0. The number of aryl methyl sites for hydroxylation is 2. The molecule has 0 aliphatic heterocycles. The molecule has 0 fully saturated rings. The van der Waals surface area contributed by atoms with Crippen LogP contribution < -0.4 is 10.1 Å². The van der Waals surface area contributed by atoms with Crippen molar-refractivity contribution in [3.8, 4) is 11.4 Å². The van der Waals surface area contributed by atoms with Crippen LogP contribution in [0.4, 0.5) is 18.9 Å². The molecular formula is C28H25F3N2O2. The maximum atomic E-state index is 13.6. The largest absolute Gasteiger partial charge is 0.489 e. The number of alkyl halides is 3. The van der Waals surface area contributed by atoms with Crippen molar-refractivity contribution in [2.24, 2.45) is 0 Å². The smallest absolute Gasteiger partial charge is 0.418 e. The standard InChI is InChI=1S/C28H25F3N2O2/c1-18-11-13-21(14-12-18)17-35-23-8-6-7-22(16-23)32-27(34)24-15-19(2)33(20(24)3)26-10-5-4-9-25(26)28(29,30)31/h4-16H,17H2,1-3H3,(H,32,34). The van der Waals surface area contributed by atoms with Gasteiger partial charge in [0.25, 0.3) is 5.91 Å². The minimum absolute atomic E-state index is 0.0134. The van der Waals surface area contributed by atoms with Crippen molar-refractivity contribution in [1.82, 2.24) is 4.57 Å². The van der Waals surface area contributed by atoms with Crippen molar-refractivity contribution in [2.75, 3.05) is 5.32 Å². The number of amides is 1. The molecule has 0 aliphatic carbocycles. The molecule has 0 atom stereocenters. The van der Waals surface area contributed by atoms with Gasteiger partial charge in [0.1, 0.15) is 12.4 Å². The average Bonchev–Trinajstić information content (AvgIpc) is 3.12. The molecule has 4 aromatic rings. The Bertz CT molecular complexity index is 1360. The van der Waals surface area contributed by atoms with Crippen LogP contribution in [0, 0.1) is 20.8 Å². The molecular weight excluding hydrogens is 453 g/mol. The van der Waals surface area contributed by atoms with Crippen LogP contribution in [-0.4, -0.2) is 10.5 Å². The first-order valence-corrected chi connectivity index (χ1v) is 11.1. The lowest BCUT2D eigenvalue weighted by Crippen LogP contribution is -2.15. The maximum Gasteiger partial charge on any atom is 0.418 e. The summed E-state index contributed by atoms with van der Waals surface area (Å²) in [5.41, 5.74) is 3.19. The SMILES string of the molecule is Cc1ccc(COc2cccc(NC(=O)c3cc(C)n(-c4ccccc4C(F)(F)F)c3C)c2)cc1. The number of halogens is 3. The number of benzene rings is 3. The Morgan fingerprint density at radius 2 is 1.63 bits per heavy atom. The normalized spacial score (nSPS) is 11.4. The van der Waals surface area contributed by atoms with E-state index < -0.39 is 17.6 Å². The van der Waals surface area contributed by atoms with Crippen molar-refractivity contribution in [3.05, 3.63) is 113 Å². The molecule has 4 nitrogen and oxygen atoms in total. The van der Waals surface area contributed by atoms with Gasteiger partial charge in [0, 0.05) is 23.1 Å². The Balaban J connectivity index is 1.54. The van der Waals surface area contributed by atoms with E-state index in [0.717, 1.165) is 11.6 Å². The molecule has 0 spiro atoms. The molecule has 0 saturated heterocycles. The van der Waals surface area contributed by atoms with E-state index >= 15 is 0 Å². The summed E-state index contributed by atoms with van der Waals surface area (Å²) in [6.07, 6.45) is -4.51. The van der Waals surface area contributed by atoms with E-state index in [0.29, 0.717) is 35.0 Å². The highest BCUT2D eigenvalue weighted by molar-refractivity contribution is 6.05. The molecule has 0 unspecified atom stereocenters. The van der Waals surface area contributed by atoms with E-state index in [4.69, 9.17) is 4.74 Å². The van der Waals surface area contributed by atoms with Crippen LogP contribution in [0.2, 0.25) is 0 Å². The Kier molecular flexibility index (Phi) is 6.69. The molecule has 0 aliphatic rings. The molecule has 1 aromatic heterocycles. The van der Waals surface area contributed by atoms with Gasteiger partial charge >= 0.3 is 6.18 Å². The van der Waals surface area contributed by atoms with Gasteiger partial charge in [-0.1, -0.05) is 48.0 Å². The Labute approximate surface area is 202 Å². The molecule has 35 heavy (non-hydrogen) atoms. The van der Waals surface area contributed by atoms with E-state index in [1.165, 1.54) is 22.3 Å². The van der Waals surface area contributed by atoms with Gasteiger partial charge in [-0.25, -0.2) is 0 Å². The number of anilines is 1. The van der Waals surface area contributed by atoms with Gasteiger partial charge in [-0.2, -0.15) is 13.2 Å². The molecule has 7 heteroatoms. The molecule has 0 saturated carbocycles. The van der Waals surface area contributed by atoms with Gasteiger partial charge in [-0.15, -0.1) is 0 Å². The summed E-state index contributed by atoms with van der Waals surface area (Å²) in [4.78, 5) is 13.0. The fraction of sp³-hybridized carbons (Fsp3) is 0.179. The summed E-state index contributed by atoms with van der Waals surface area (Å²) in [7, 11) is 0. The van der Waals surface area contributed by atoms with Crippen molar-refractivity contribution in [3.63, 3.8) is 0 Å². The first kappa shape index (κ1) is 24.1. The summed E-state index contributed by atoms with van der Waals surface area (Å²) in [5.74, 6) is 0.178. The number of para-hydroxylation sites is 1. The van der Waals surface area contributed by atoms with Gasteiger partial charge in [-0.05, 0) is 56.7 Å². The van der Waals surface area contributed by atoms with E-state index in [-0.39, 0.29) is 5.69 Å². The molecule has 0 bridgehead atoms. The number of aromatic nitrogens is 1. The van der Waals surface area contributed by atoms with Gasteiger partial charge in [0.15, 0.2) is 0 Å². The lowest BCUT2D eigenvalue weighted by Gasteiger charge is -2.17. The third-order valence-corrected chi connectivity index (χ3v) is 5.74. The number of carbonyl (C=O) groups excluding carboxylic acids is 1. The highest BCUT2D eigenvalue weighted by atomic mass is 19.4. The van der Waals surface area contributed by atoms with E-state index in [2.05, 4.69) is 5.32 Å². The van der Waals surface area contributed by atoms with Crippen LogP contribution in [0.15, 0.2) is 78.9 Å². The summed E-state index contributed by atoms with van der Waals surface area (Å²) >= 11 is 0. The zero-order chi connectivity index (χ0) is 25.2. The number of hydrogen-bond acceptors (Lipinski definition) is 2. The predicted molar refractivity (Wildman–Crippen MR) is 130 cm³/mol. The minimum atomic E-state index is -4.51. The number of rotatable bonds is 6. The van der Waals surface area contributed by atoms with Crippen molar-refractivity contribution >= 4 is 11.6 Å². The molecule has 0 radical (unpaired) electrons. The van der Waals surface area contributed by atoms with Crippen LogP contribution >= 0.6 is 0 Å². The van der Waals surface area contributed by atoms with Crippen LogP contribution in [0.25, 0.3) is 5.69 Å². The van der Waals surface area contributed by atoms with Gasteiger partial charge in [-0.3, -0.25) is 4.79 Å². The second-order valence-corrected chi connectivity index (χ2v) is 8.39. The third kappa shape index (κ3) is 5.40. The maximum absolute atomic E-state index is 13.6. The molecule has 3 aromatic carbocycles. The van der Waals surface area contributed by atoms with Crippen LogP contribution in [-0.2, 0) is 12.8 Å². The quantitative estimate of drug-likeness (QED) is 0.317. The fourth-order valence-electron chi connectivity index (χ4n) is 3.98. The first-order valence-electron chi connectivity index (χ1n) is 11.1. The summed E-state index contributed by atoms with van der Waals surface area (Å²) in [6.45, 7) is 5.72. The van der Waals surface area contributed by atoms with Crippen LogP contribution in [0.1, 0.15) is 38.4 Å². The Morgan fingerprint density at radius 3 is 2.34 bits per heavy atom. The Hall–Kier alpha value is -4.00. The van der Waals surface area contributed by atoms with Crippen molar-refractivity contribution in [2.45, 2.75) is 33.6 Å². The third-order valence-electron chi connectivity index (χ3n) is 5.74. The van der Waals surface area contributed by atoms with Gasteiger partial charge < -0.3 is 14.6 Å². The topological polar surface area (TPSA) is 43.3 Å². The zero-order valence-corrected chi connectivity index (χ0v) is 19.6. The first-order chi connectivity index (χ1) is 16.6. The molecule has 1 heterocycles. The van der Waals surface area contributed by atoms with Crippen LogP contribution in [0.3, 0.4) is 0 Å². The lowest BCUT2D eigenvalue weighted by atomic mass is 10.1. The monoisotopic (exact) mass is 478 g/mol. The highest BCUT2D eigenvalue weighted by Gasteiger charge is 2.34. The number of hydrogen-bond donors (Lipinski definition) is 1. The van der Waals surface area contributed by atoms with E-state index in [1.54, 1.807) is 50.2 Å². The Morgan fingerprint density at radius 1 is 0.914 bits per heavy atom. The second kappa shape index (κ2) is 9.70. The minimum Gasteiger partial charge on any atom is -0.489 e. The second-order valence-electron chi connectivity index (χ2n) is 8.39. The average molecular weight is 479 g/mol. The summed E-state index contributed by atoms with van der Waals surface area (Å²) in [6, 6.07) is 21.9. The van der Waals surface area contributed by atoms with Crippen LogP contribution in [0.5, 0.6) is 5.75 Å². The van der Waals surface area contributed by atoms with Crippen molar-refractivity contribution < 1.29 is 22.7 Å². The van der Waals surface area contributed by atoms with Gasteiger partial charge in [0.2, 0.25) is 0 Å². The zero-order valence-electron chi connectivity index (χ0n) is 19.6. The van der Waals surface area contributed by atoms with E-state index in [1.807, 2.05) is 31.2 Å². The number of nitrogens with one attached hydrogen (secondary N) is 1. The summed E-state index contributed by atoms with van der Waals surface area (Å²) in [5, 5.41) is 2.83. The van der Waals surface area contributed by atoms with Gasteiger partial charge in [0.05, 0.1) is 16.8 Å². The number of ether oxygens (including phenoxy) is 1. The number of carbonyl (C=O) groups is 1. The predicted octanol–water partition coefficient (Wildman–Crippen LogP) is 7.25. The lowest BCUT2D eigenvalue weighted by molar-refractivity contribution is -0.137. The molecule has 1 N–H and O–H groups in total. The van der Waals surface area contributed by atoms with E-state index in [9.17, 15) is 18.0 Å². The number of nitrogens with zero attached hydrogens (tertiary/aromatic N) is 1. The molecule has 4 rings (SSSR count).